The van der Waals surface area contributed by atoms with Gasteiger partial charge in [-0.2, -0.15) is 5.26 Å². The second-order valence-electron chi connectivity index (χ2n) is 4.31. The number of nitrogen functional groups attached to an aromatic ring is 1. The number of pyridine rings is 1. The molecule has 1 aromatic heterocycles. The molecule has 0 spiro atoms. The van der Waals surface area contributed by atoms with Gasteiger partial charge in [0.1, 0.15) is 11.5 Å². The summed E-state index contributed by atoms with van der Waals surface area (Å²) in [4.78, 5) is 4.07. The zero-order chi connectivity index (χ0) is 13.9. The molecule has 0 radical (unpaired) electrons. The van der Waals surface area contributed by atoms with Crippen molar-refractivity contribution in [1.82, 2.24) is 4.98 Å². The van der Waals surface area contributed by atoms with Gasteiger partial charge in [-0.3, -0.25) is 4.98 Å². The minimum Gasteiger partial charge on any atom is -0.457 e. The highest BCUT2D eigenvalue weighted by molar-refractivity contribution is 5.96. The first kappa shape index (κ1) is 12.0. The number of rotatable bonds is 2. The number of aromatic nitrogens is 1. The summed E-state index contributed by atoms with van der Waals surface area (Å²) in [6.07, 6.45) is 3.42. The molecule has 0 aliphatic carbocycles. The number of fused-ring (bicyclic) bond motifs is 1. The van der Waals surface area contributed by atoms with Crippen LogP contribution in [-0.2, 0) is 0 Å². The molecule has 3 rings (SSSR count). The molecule has 4 heteroatoms. The van der Waals surface area contributed by atoms with Gasteiger partial charge in [0, 0.05) is 28.9 Å². The van der Waals surface area contributed by atoms with Crippen molar-refractivity contribution in [3.05, 3.63) is 60.4 Å². The van der Waals surface area contributed by atoms with E-state index in [1.165, 1.54) is 0 Å². The lowest BCUT2D eigenvalue weighted by Crippen LogP contribution is -1.91. The maximum absolute atomic E-state index is 8.78. The lowest BCUT2D eigenvalue weighted by atomic mass is 10.1. The molecular weight excluding hydrogens is 250 g/mol. The minimum absolute atomic E-state index is 0.601. The van der Waals surface area contributed by atoms with E-state index in [-0.39, 0.29) is 0 Å². The molecule has 2 N–H and O–H groups in total. The van der Waals surface area contributed by atoms with Crippen molar-refractivity contribution in [2.24, 2.45) is 0 Å². The van der Waals surface area contributed by atoms with Crippen molar-refractivity contribution < 1.29 is 4.74 Å². The normalized spacial score (nSPS) is 10.2. The summed E-state index contributed by atoms with van der Waals surface area (Å²) in [5, 5.41) is 10.5. The fourth-order valence-electron chi connectivity index (χ4n) is 2.00. The Balaban J connectivity index is 2.02. The van der Waals surface area contributed by atoms with E-state index in [2.05, 4.69) is 11.1 Å². The van der Waals surface area contributed by atoms with Crippen LogP contribution < -0.4 is 10.5 Å². The second kappa shape index (κ2) is 4.90. The summed E-state index contributed by atoms with van der Waals surface area (Å²) < 4.78 is 5.85. The summed E-state index contributed by atoms with van der Waals surface area (Å²) in [5.74, 6) is 1.38. The average Bonchev–Trinajstić information content (AvgIpc) is 2.51. The number of nitrogens with zero attached hydrogens (tertiary/aromatic N) is 2. The van der Waals surface area contributed by atoms with Gasteiger partial charge >= 0.3 is 0 Å². The zero-order valence-corrected chi connectivity index (χ0v) is 10.6. The summed E-state index contributed by atoms with van der Waals surface area (Å²) in [6, 6.07) is 14.5. The van der Waals surface area contributed by atoms with Crippen molar-refractivity contribution in [3.63, 3.8) is 0 Å². The Bertz CT molecular complexity index is 804. The number of anilines is 1. The molecule has 0 aliphatic heterocycles. The molecule has 4 nitrogen and oxygen atoms in total. The minimum atomic E-state index is 0.601. The van der Waals surface area contributed by atoms with E-state index in [4.69, 9.17) is 15.7 Å². The largest absolute Gasteiger partial charge is 0.457 e. The molecule has 0 atom stereocenters. The van der Waals surface area contributed by atoms with Gasteiger partial charge in [0.05, 0.1) is 11.6 Å². The SMILES string of the molecule is N#Cc1ccc(Oc2ccc(N)c3cnccc23)cc1. The molecular formula is C16H11N3O. The summed E-state index contributed by atoms with van der Waals surface area (Å²) in [7, 11) is 0. The Morgan fingerprint density at radius 1 is 1.00 bits per heavy atom. The summed E-state index contributed by atoms with van der Waals surface area (Å²) in [6.45, 7) is 0. The molecule has 0 bridgehead atoms. The highest BCUT2D eigenvalue weighted by atomic mass is 16.5. The lowest BCUT2D eigenvalue weighted by Gasteiger charge is -2.10. The van der Waals surface area contributed by atoms with E-state index in [9.17, 15) is 0 Å². The van der Waals surface area contributed by atoms with Gasteiger partial charge in [-0.15, -0.1) is 0 Å². The van der Waals surface area contributed by atoms with Gasteiger partial charge < -0.3 is 10.5 Å². The van der Waals surface area contributed by atoms with Crippen LogP contribution in [0.15, 0.2) is 54.9 Å². The molecule has 0 aliphatic rings. The quantitative estimate of drug-likeness (QED) is 0.717. The Kier molecular flexibility index (Phi) is 2.94. The van der Waals surface area contributed by atoms with Crippen LogP contribution in [0.2, 0.25) is 0 Å². The van der Waals surface area contributed by atoms with E-state index < -0.39 is 0 Å². The van der Waals surface area contributed by atoms with E-state index in [0.29, 0.717) is 22.7 Å². The maximum atomic E-state index is 8.78. The Labute approximate surface area is 116 Å². The molecule has 3 aromatic rings. The van der Waals surface area contributed by atoms with Crippen LogP contribution in [-0.4, -0.2) is 4.98 Å². The van der Waals surface area contributed by atoms with Gasteiger partial charge in [0.15, 0.2) is 0 Å². The smallest absolute Gasteiger partial charge is 0.135 e. The van der Waals surface area contributed by atoms with Crippen molar-refractivity contribution in [1.29, 1.82) is 5.26 Å². The maximum Gasteiger partial charge on any atom is 0.135 e. The van der Waals surface area contributed by atoms with Gasteiger partial charge in [0.2, 0.25) is 0 Å². The molecule has 0 unspecified atom stereocenters. The molecule has 96 valence electrons. The third kappa shape index (κ3) is 2.13. The molecule has 0 saturated carbocycles. The Morgan fingerprint density at radius 3 is 2.55 bits per heavy atom. The molecule has 0 fully saturated rings. The summed E-state index contributed by atoms with van der Waals surface area (Å²) >= 11 is 0. The fourth-order valence-corrected chi connectivity index (χ4v) is 2.00. The first-order valence-electron chi connectivity index (χ1n) is 6.08. The predicted molar refractivity (Wildman–Crippen MR) is 77.4 cm³/mol. The Hall–Kier alpha value is -3.06. The first-order valence-corrected chi connectivity index (χ1v) is 6.08. The fraction of sp³-hybridized carbons (Fsp3) is 0. The van der Waals surface area contributed by atoms with Crippen molar-refractivity contribution in [2.75, 3.05) is 5.73 Å². The number of hydrogen-bond donors (Lipinski definition) is 1. The third-order valence-electron chi connectivity index (χ3n) is 3.02. The molecule has 0 saturated heterocycles. The number of hydrogen-bond acceptors (Lipinski definition) is 4. The topological polar surface area (TPSA) is 71.9 Å². The number of nitrogens with two attached hydrogens (primary N) is 1. The van der Waals surface area contributed by atoms with E-state index in [1.807, 2.05) is 12.1 Å². The van der Waals surface area contributed by atoms with E-state index in [1.54, 1.807) is 42.7 Å². The molecule has 2 aromatic carbocycles. The Morgan fingerprint density at radius 2 is 1.80 bits per heavy atom. The zero-order valence-electron chi connectivity index (χ0n) is 10.6. The first-order chi connectivity index (χ1) is 9.78. The van der Waals surface area contributed by atoms with Crippen LogP contribution in [0.5, 0.6) is 11.5 Å². The molecule has 0 amide bonds. The van der Waals surface area contributed by atoms with Crippen molar-refractivity contribution in [2.45, 2.75) is 0 Å². The van der Waals surface area contributed by atoms with Crippen LogP contribution >= 0.6 is 0 Å². The number of ether oxygens (including phenoxy) is 1. The highest BCUT2D eigenvalue weighted by Gasteiger charge is 2.06. The van der Waals surface area contributed by atoms with Crippen molar-refractivity contribution in [3.8, 4) is 17.6 Å². The number of nitriles is 1. The van der Waals surface area contributed by atoms with Gasteiger partial charge in [-0.1, -0.05) is 0 Å². The van der Waals surface area contributed by atoms with Crippen LogP contribution in [0.4, 0.5) is 5.69 Å². The second-order valence-corrected chi connectivity index (χ2v) is 4.31. The predicted octanol–water partition coefficient (Wildman–Crippen LogP) is 3.48. The van der Waals surface area contributed by atoms with Crippen LogP contribution in [0.25, 0.3) is 10.8 Å². The molecule has 1 heterocycles. The van der Waals surface area contributed by atoms with Crippen LogP contribution in [0, 0.1) is 11.3 Å². The van der Waals surface area contributed by atoms with E-state index in [0.717, 1.165) is 10.8 Å². The van der Waals surface area contributed by atoms with Crippen LogP contribution in [0.1, 0.15) is 5.56 Å². The summed E-state index contributed by atoms with van der Waals surface area (Å²) in [5.41, 5.74) is 7.19. The third-order valence-corrected chi connectivity index (χ3v) is 3.02. The standard InChI is InChI=1S/C16H11N3O/c17-9-11-1-3-12(4-2-11)20-16-6-5-15(18)14-10-19-8-7-13(14)16/h1-8,10H,18H2. The molecule has 20 heavy (non-hydrogen) atoms. The van der Waals surface area contributed by atoms with Crippen LogP contribution in [0.3, 0.4) is 0 Å². The van der Waals surface area contributed by atoms with Gasteiger partial charge in [-0.25, -0.2) is 0 Å². The monoisotopic (exact) mass is 261 g/mol. The van der Waals surface area contributed by atoms with Gasteiger partial charge in [0.25, 0.3) is 0 Å². The van der Waals surface area contributed by atoms with Gasteiger partial charge in [-0.05, 0) is 42.5 Å². The van der Waals surface area contributed by atoms with Crippen molar-refractivity contribution >= 4 is 16.5 Å². The average molecular weight is 261 g/mol. The highest BCUT2D eigenvalue weighted by Crippen LogP contribution is 2.32. The lowest BCUT2D eigenvalue weighted by molar-refractivity contribution is 0.488. The number of benzene rings is 2. The van der Waals surface area contributed by atoms with E-state index >= 15 is 0 Å².